The van der Waals surface area contributed by atoms with Gasteiger partial charge in [0.15, 0.2) is 5.78 Å². The van der Waals surface area contributed by atoms with E-state index in [9.17, 15) is 9.90 Å². The highest BCUT2D eigenvalue weighted by atomic mass is 16.3. The molecule has 1 heterocycles. The lowest BCUT2D eigenvalue weighted by molar-refractivity contribution is -0.137. The lowest BCUT2D eigenvalue weighted by Crippen LogP contribution is -2.38. The van der Waals surface area contributed by atoms with Crippen molar-refractivity contribution in [1.29, 1.82) is 0 Å². The highest BCUT2D eigenvalue weighted by Crippen LogP contribution is 2.20. The molecule has 0 fully saturated rings. The Kier molecular flexibility index (Phi) is 3.71. The van der Waals surface area contributed by atoms with Gasteiger partial charge < -0.3 is 9.67 Å². The minimum absolute atomic E-state index is 0.157. The number of Topliss-reactive ketones (excluding diaryl/α,β-unsaturated/α-hetero) is 1. The number of carbonyl (C=O) groups is 1. The van der Waals surface area contributed by atoms with Crippen molar-refractivity contribution in [1.82, 2.24) is 9.55 Å². The molecule has 0 saturated carbocycles. The number of benzene rings is 1. The van der Waals surface area contributed by atoms with Crippen LogP contribution in [0.1, 0.15) is 32.5 Å². The van der Waals surface area contributed by atoms with Crippen molar-refractivity contribution in [2.24, 2.45) is 7.05 Å². The molecule has 2 aromatic rings. The number of ketones is 1. The van der Waals surface area contributed by atoms with Gasteiger partial charge in [-0.2, -0.15) is 0 Å². The van der Waals surface area contributed by atoms with Gasteiger partial charge in [0.1, 0.15) is 11.4 Å². The molecule has 4 heteroatoms. The van der Waals surface area contributed by atoms with Crippen molar-refractivity contribution in [2.45, 2.75) is 38.7 Å². The first kappa shape index (κ1) is 13.7. The first-order valence-corrected chi connectivity index (χ1v) is 6.68. The number of fused-ring (bicyclic) bond motifs is 1. The number of nitrogens with zero attached hydrogens (tertiary/aromatic N) is 2. The minimum atomic E-state index is -1.22. The van der Waals surface area contributed by atoms with Crippen LogP contribution in [0.15, 0.2) is 24.3 Å². The molecule has 0 amide bonds. The van der Waals surface area contributed by atoms with E-state index in [0.717, 1.165) is 11.0 Å². The van der Waals surface area contributed by atoms with E-state index in [0.29, 0.717) is 18.7 Å². The fraction of sp³-hybridized carbons (Fsp3) is 0.467. The Morgan fingerprint density at radius 1 is 1.32 bits per heavy atom. The van der Waals surface area contributed by atoms with Gasteiger partial charge in [-0.15, -0.1) is 0 Å². The molecular weight excluding hydrogens is 240 g/mol. The van der Waals surface area contributed by atoms with Crippen molar-refractivity contribution in [3.63, 3.8) is 0 Å². The van der Waals surface area contributed by atoms with E-state index >= 15 is 0 Å². The van der Waals surface area contributed by atoms with E-state index in [1.807, 2.05) is 49.7 Å². The smallest absolute Gasteiger partial charge is 0.171 e. The molecule has 1 aromatic heterocycles. The third-order valence-electron chi connectivity index (χ3n) is 3.89. The number of hydrogen-bond donors (Lipinski definition) is 1. The van der Waals surface area contributed by atoms with Gasteiger partial charge in [0.05, 0.1) is 17.5 Å². The molecule has 102 valence electrons. The van der Waals surface area contributed by atoms with Gasteiger partial charge in [0.25, 0.3) is 0 Å². The Morgan fingerprint density at radius 2 is 1.95 bits per heavy atom. The molecule has 19 heavy (non-hydrogen) atoms. The van der Waals surface area contributed by atoms with Gasteiger partial charge in [0, 0.05) is 7.05 Å². The number of para-hydroxylation sites is 2. The van der Waals surface area contributed by atoms with Gasteiger partial charge in [-0.3, -0.25) is 4.79 Å². The van der Waals surface area contributed by atoms with Crippen LogP contribution in [0.4, 0.5) is 0 Å². The van der Waals surface area contributed by atoms with E-state index < -0.39 is 5.60 Å². The number of rotatable bonds is 5. The maximum Gasteiger partial charge on any atom is 0.171 e. The molecular formula is C15H20N2O2. The topological polar surface area (TPSA) is 55.1 Å². The summed E-state index contributed by atoms with van der Waals surface area (Å²) in [5, 5.41) is 10.2. The second-order valence-corrected chi connectivity index (χ2v) is 4.91. The highest BCUT2D eigenvalue weighted by molar-refractivity contribution is 5.89. The van der Waals surface area contributed by atoms with Gasteiger partial charge in [-0.05, 0) is 25.0 Å². The molecule has 0 aliphatic carbocycles. The summed E-state index contributed by atoms with van der Waals surface area (Å²) in [6.07, 6.45) is 1.04. The Labute approximate surface area is 113 Å². The molecule has 0 aliphatic rings. The molecule has 2 rings (SSSR count). The Balaban J connectivity index is 2.31. The number of hydrogen-bond acceptors (Lipinski definition) is 3. The van der Waals surface area contributed by atoms with Crippen LogP contribution in [0.5, 0.6) is 0 Å². The van der Waals surface area contributed by atoms with Crippen LogP contribution in [0.3, 0.4) is 0 Å². The highest BCUT2D eigenvalue weighted by Gasteiger charge is 2.32. The van der Waals surface area contributed by atoms with Crippen molar-refractivity contribution in [3.8, 4) is 0 Å². The molecule has 1 aromatic carbocycles. The first-order valence-electron chi connectivity index (χ1n) is 6.68. The molecule has 0 bridgehead atoms. The summed E-state index contributed by atoms with van der Waals surface area (Å²) in [7, 11) is 1.90. The predicted molar refractivity (Wildman–Crippen MR) is 75.0 cm³/mol. The van der Waals surface area contributed by atoms with Crippen LogP contribution in [0, 0.1) is 0 Å². The van der Waals surface area contributed by atoms with E-state index in [2.05, 4.69) is 4.98 Å². The second-order valence-electron chi connectivity index (χ2n) is 4.91. The molecule has 0 atom stereocenters. The molecule has 0 saturated heterocycles. The number of imidazole rings is 1. The lowest BCUT2D eigenvalue weighted by Gasteiger charge is -2.23. The van der Waals surface area contributed by atoms with Gasteiger partial charge in [0.2, 0.25) is 0 Å². The average Bonchev–Trinajstić information content (AvgIpc) is 2.75. The van der Waals surface area contributed by atoms with Gasteiger partial charge in [-0.1, -0.05) is 26.0 Å². The summed E-state index contributed by atoms with van der Waals surface area (Å²) >= 11 is 0. The van der Waals surface area contributed by atoms with E-state index in [1.54, 1.807) is 0 Å². The van der Waals surface area contributed by atoms with E-state index in [1.165, 1.54) is 0 Å². The lowest BCUT2D eigenvalue weighted by atomic mass is 9.90. The molecule has 0 unspecified atom stereocenters. The monoisotopic (exact) mass is 260 g/mol. The minimum Gasteiger partial charge on any atom is -0.382 e. The van der Waals surface area contributed by atoms with Crippen LogP contribution < -0.4 is 0 Å². The SMILES string of the molecule is CCC(O)(CC)C(=O)Cc1nc2ccccc2n1C. The summed E-state index contributed by atoms with van der Waals surface area (Å²) < 4.78 is 1.92. The number of aromatic nitrogens is 2. The number of aryl methyl sites for hydroxylation is 1. The zero-order valence-electron chi connectivity index (χ0n) is 11.7. The number of aliphatic hydroxyl groups is 1. The maximum atomic E-state index is 12.2. The average molecular weight is 260 g/mol. The van der Waals surface area contributed by atoms with Crippen molar-refractivity contribution in [2.75, 3.05) is 0 Å². The quantitative estimate of drug-likeness (QED) is 0.897. The second kappa shape index (κ2) is 5.13. The third kappa shape index (κ3) is 2.40. The Bertz CT molecular complexity index is 597. The van der Waals surface area contributed by atoms with E-state index in [4.69, 9.17) is 0 Å². The van der Waals surface area contributed by atoms with Crippen LogP contribution in [-0.4, -0.2) is 26.0 Å². The molecule has 4 nitrogen and oxygen atoms in total. The summed E-state index contributed by atoms with van der Waals surface area (Å²) in [5.41, 5.74) is 0.657. The van der Waals surface area contributed by atoms with Gasteiger partial charge >= 0.3 is 0 Å². The molecule has 1 N–H and O–H groups in total. The Morgan fingerprint density at radius 3 is 2.53 bits per heavy atom. The first-order chi connectivity index (χ1) is 9.01. The van der Waals surface area contributed by atoms with Crippen LogP contribution >= 0.6 is 0 Å². The summed E-state index contributed by atoms with van der Waals surface area (Å²) in [4.78, 5) is 16.7. The van der Waals surface area contributed by atoms with Crippen molar-refractivity contribution >= 4 is 16.8 Å². The van der Waals surface area contributed by atoms with Crippen LogP contribution in [0.2, 0.25) is 0 Å². The number of carbonyl (C=O) groups excluding carboxylic acids is 1. The largest absolute Gasteiger partial charge is 0.382 e. The third-order valence-corrected chi connectivity index (χ3v) is 3.89. The normalized spacial score (nSPS) is 12.0. The fourth-order valence-corrected chi connectivity index (χ4v) is 2.31. The van der Waals surface area contributed by atoms with Crippen molar-refractivity contribution < 1.29 is 9.90 Å². The Hall–Kier alpha value is -1.68. The standard InChI is InChI=1S/C15H20N2O2/c1-4-15(19,5-2)13(18)10-14-16-11-8-6-7-9-12(11)17(14)3/h6-9,19H,4-5,10H2,1-3H3. The zero-order chi connectivity index (χ0) is 14.0. The van der Waals surface area contributed by atoms with Gasteiger partial charge in [-0.25, -0.2) is 4.98 Å². The molecule has 0 radical (unpaired) electrons. The van der Waals surface area contributed by atoms with Crippen LogP contribution in [-0.2, 0) is 18.3 Å². The zero-order valence-corrected chi connectivity index (χ0v) is 11.7. The molecule has 0 aliphatic heterocycles. The molecule has 0 spiro atoms. The van der Waals surface area contributed by atoms with Crippen molar-refractivity contribution in [3.05, 3.63) is 30.1 Å². The summed E-state index contributed by atoms with van der Waals surface area (Å²) in [5.74, 6) is 0.544. The summed E-state index contributed by atoms with van der Waals surface area (Å²) in [6, 6.07) is 7.77. The fourth-order valence-electron chi connectivity index (χ4n) is 2.31. The predicted octanol–water partition coefficient (Wildman–Crippen LogP) is 2.24. The summed E-state index contributed by atoms with van der Waals surface area (Å²) in [6.45, 7) is 3.66. The maximum absolute atomic E-state index is 12.2. The van der Waals surface area contributed by atoms with E-state index in [-0.39, 0.29) is 12.2 Å². The van der Waals surface area contributed by atoms with Crippen LogP contribution in [0.25, 0.3) is 11.0 Å².